The molecule has 1 aromatic carbocycles. The van der Waals surface area contributed by atoms with E-state index in [4.69, 9.17) is 4.74 Å². The Morgan fingerprint density at radius 1 is 1.33 bits per heavy atom. The van der Waals surface area contributed by atoms with Gasteiger partial charge >= 0.3 is 0 Å². The number of aryl methyl sites for hydroxylation is 2. The summed E-state index contributed by atoms with van der Waals surface area (Å²) in [6, 6.07) is 7.91. The minimum absolute atomic E-state index is 0.00494. The molecule has 0 unspecified atom stereocenters. The highest BCUT2D eigenvalue weighted by Gasteiger charge is 2.12. The van der Waals surface area contributed by atoms with Crippen molar-refractivity contribution in [3.63, 3.8) is 0 Å². The van der Waals surface area contributed by atoms with E-state index in [9.17, 15) is 5.11 Å². The SMILES string of the molecule is CCn1nc(-c2ccc(C)cc2OC)cc1CO. The molecule has 1 aromatic heterocycles. The molecule has 1 N–H and O–H groups in total. The van der Waals surface area contributed by atoms with Crippen molar-refractivity contribution in [2.75, 3.05) is 7.11 Å². The lowest BCUT2D eigenvalue weighted by Gasteiger charge is -2.07. The van der Waals surface area contributed by atoms with Crippen LogP contribution in [0.4, 0.5) is 0 Å². The van der Waals surface area contributed by atoms with Gasteiger partial charge in [-0.15, -0.1) is 0 Å². The number of ether oxygens (including phenoxy) is 1. The van der Waals surface area contributed by atoms with Crippen molar-refractivity contribution < 1.29 is 9.84 Å². The molecular weight excluding hydrogens is 228 g/mol. The number of hydrogen-bond donors (Lipinski definition) is 1. The minimum Gasteiger partial charge on any atom is -0.496 e. The second-order valence-corrected chi connectivity index (χ2v) is 4.20. The Bertz CT molecular complexity index is 525. The topological polar surface area (TPSA) is 47.3 Å². The van der Waals surface area contributed by atoms with Crippen LogP contribution in [-0.4, -0.2) is 22.0 Å². The van der Waals surface area contributed by atoms with Crippen molar-refractivity contribution in [2.45, 2.75) is 27.0 Å². The number of aliphatic hydroxyl groups excluding tert-OH is 1. The fourth-order valence-corrected chi connectivity index (χ4v) is 2.00. The third-order valence-electron chi connectivity index (χ3n) is 2.96. The van der Waals surface area contributed by atoms with Crippen molar-refractivity contribution >= 4 is 0 Å². The molecule has 0 radical (unpaired) electrons. The molecule has 0 bridgehead atoms. The van der Waals surface area contributed by atoms with Gasteiger partial charge < -0.3 is 9.84 Å². The van der Waals surface area contributed by atoms with E-state index in [0.717, 1.165) is 34.8 Å². The van der Waals surface area contributed by atoms with Gasteiger partial charge in [-0.25, -0.2) is 0 Å². The van der Waals surface area contributed by atoms with Crippen molar-refractivity contribution in [2.24, 2.45) is 0 Å². The fourth-order valence-electron chi connectivity index (χ4n) is 2.00. The highest BCUT2D eigenvalue weighted by atomic mass is 16.5. The Balaban J connectivity index is 2.51. The highest BCUT2D eigenvalue weighted by Crippen LogP contribution is 2.30. The first-order valence-corrected chi connectivity index (χ1v) is 6.02. The minimum atomic E-state index is -0.00494. The van der Waals surface area contributed by atoms with Crippen LogP contribution in [0.15, 0.2) is 24.3 Å². The number of rotatable bonds is 4. The fraction of sp³-hybridized carbons (Fsp3) is 0.357. The Labute approximate surface area is 107 Å². The lowest BCUT2D eigenvalue weighted by molar-refractivity contribution is 0.268. The van der Waals surface area contributed by atoms with Crippen LogP contribution in [0.2, 0.25) is 0 Å². The zero-order valence-corrected chi connectivity index (χ0v) is 11.0. The molecule has 1 heterocycles. The summed E-state index contributed by atoms with van der Waals surface area (Å²) >= 11 is 0. The Kier molecular flexibility index (Phi) is 3.67. The van der Waals surface area contributed by atoms with Crippen LogP contribution >= 0.6 is 0 Å². The van der Waals surface area contributed by atoms with Gasteiger partial charge in [-0.2, -0.15) is 5.10 Å². The smallest absolute Gasteiger partial charge is 0.128 e. The molecule has 96 valence electrons. The van der Waals surface area contributed by atoms with E-state index >= 15 is 0 Å². The standard InChI is InChI=1S/C14H18N2O2/c1-4-16-11(9-17)8-13(15-16)12-6-5-10(2)7-14(12)18-3/h5-8,17H,4,9H2,1-3H3. The summed E-state index contributed by atoms with van der Waals surface area (Å²) in [6.45, 7) is 4.76. The van der Waals surface area contributed by atoms with E-state index in [1.54, 1.807) is 11.8 Å². The molecule has 4 nitrogen and oxygen atoms in total. The number of aliphatic hydroxyl groups is 1. The summed E-state index contributed by atoms with van der Waals surface area (Å²) in [7, 11) is 1.65. The van der Waals surface area contributed by atoms with E-state index in [1.807, 2.05) is 38.1 Å². The quantitative estimate of drug-likeness (QED) is 0.901. The van der Waals surface area contributed by atoms with Crippen molar-refractivity contribution in [1.29, 1.82) is 0 Å². The van der Waals surface area contributed by atoms with Crippen molar-refractivity contribution in [1.82, 2.24) is 9.78 Å². The summed E-state index contributed by atoms with van der Waals surface area (Å²) in [5.41, 5.74) is 3.74. The first-order valence-electron chi connectivity index (χ1n) is 6.02. The van der Waals surface area contributed by atoms with Gasteiger partial charge in [-0.3, -0.25) is 4.68 Å². The Hall–Kier alpha value is -1.81. The number of benzene rings is 1. The lowest BCUT2D eigenvalue weighted by Crippen LogP contribution is -2.02. The maximum absolute atomic E-state index is 9.29. The van der Waals surface area contributed by atoms with Gasteiger partial charge in [-0.05, 0) is 37.6 Å². The van der Waals surface area contributed by atoms with Gasteiger partial charge in [0.25, 0.3) is 0 Å². The molecule has 0 saturated heterocycles. The van der Waals surface area contributed by atoms with Gasteiger partial charge in [0.15, 0.2) is 0 Å². The summed E-state index contributed by atoms with van der Waals surface area (Å²) in [5.74, 6) is 0.806. The van der Waals surface area contributed by atoms with E-state index in [0.29, 0.717) is 0 Å². The number of hydrogen-bond acceptors (Lipinski definition) is 3. The van der Waals surface area contributed by atoms with Crippen LogP contribution in [0, 0.1) is 6.92 Å². The Morgan fingerprint density at radius 3 is 2.67 bits per heavy atom. The average Bonchev–Trinajstić information content (AvgIpc) is 2.81. The molecular formula is C14H18N2O2. The first-order chi connectivity index (χ1) is 8.69. The molecule has 0 fully saturated rings. The van der Waals surface area contributed by atoms with E-state index < -0.39 is 0 Å². The summed E-state index contributed by atoms with van der Waals surface area (Å²) in [4.78, 5) is 0. The molecule has 4 heteroatoms. The van der Waals surface area contributed by atoms with Crippen LogP contribution in [-0.2, 0) is 13.2 Å². The molecule has 2 aromatic rings. The van der Waals surface area contributed by atoms with Crippen LogP contribution in [0.1, 0.15) is 18.2 Å². The number of aromatic nitrogens is 2. The second-order valence-electron chi connectivity index (χ2n) is 4.20. The predicted molar refractivity (Wildman–Crippen MR) is 70.5 cm³/mol. The monoisotopic (exact) mass is 246 g/mol. The predicted octanol–water partition coefficient (Wildman–Crippen LogP) is 2.38. The van der Waals surface area contributed by atoms with Crippen LogP contribution < -0.4 is 4.74 Å². The third-order valence-corrected chi connectivity index (χ3v) is 2.96. The van der Waals surface area contributed by atoms with Crippen molar-refractivity contribution in [3.8, 4) is 17.0 Å². The van der Waals surface area contributed by atoms with E-state index in [2.05, 4.69) is 5.10 Å². The largest absolute Gasteiger partial charge is 0.496 e. The summed E-state index contributed by atoms with van der Waals surface area (Å²) < 4.78 is 7.19. The first kappa shape index (κ1) is 12.6. The van der Waals surface area contributed by atoms with E-state index in [-0.39, 0.29) is 6.61 Å². The second kappa shape index (κ2) is 5.23. The van der Waals surface area contributed by atoms with Gasteiger partial charge in [0.1, 0.15) is 5.75 Å². The van der Waals surface area contributed by atoms with Crippen LogP contribution in [0.25, 0.3) is 11.3 Å². The lowest BCUT2D eigenvalue weighted by atomic mass is 10.1. The zero-order chi connectivity index (χ0) is 13.1. The number of nitrogens with zero attached hydrogens (tertiary/aromatic N) is 2. The van der Waals surface area contributed by atoms with Gasteiger partial charge in [-0.1, -0.05) is 6.07 Å². The molecule has 0 saturated carbocycles. The molecule has 2 rings (SSSR count). The molecule has 0 aliphatic heterocycles. The van der Waals surface area contributed by atoms with Crippen LogP contribution in [0.3, 0.4) is 0 Å². The normalized spacial score (nSPS) is 10.7. The number of methoxy groups -OCH3 is 1. The zero-order valence-electron chi connectivity index (χ0n) is 11.0. The van der Waals surface area contributed by atoms with Gasteiger partial charge in [0.2, 0.25) is 0 Å². The maximum Gasteiger partial charge on any atom is 0.128 e. The molecule has 0 atom stereocenters. The third kappa shape index (κ3) is 2.24. The van der Waals surface area contributed by atoms with Gasteiger partial charge in [0, 0.05) is 12.1 Å². The summed E-state index contributed by atoms with van der Waals surface area (Å²) in [6.07, 6.45) is 0. The summed E-state index contributed by atoms with van der Waals surface area (Å²) in [5, 5.41) is 13.8. The Morgan fingerprint density at radius 2 is 2.11 bits per heavy atom. The van der Waals surface area contributed by atoms with Crippen molar-refractivity contribution in [3.05, 3.63) is 35.5 Å². The molecule has 0 aliphatic carbocycles. The average molecular weight is 246 g/mol. The van der Waals surface area contributed by atoms with Crippen LogP contribution in [0.5, 0.6) is 5.75 Å². The molecule has 0 spiro atoms. The molecule has 0 aliphatic rings. The van der Waals surface area contributed by atoms with Gasteiger partial charge in [0.05, 0.1) is 25.1 Å². The molecule has 0 amide bonds. The highest BCUT2D eigenvalue weighted by molar-refractivity contribution is 5.68. The van der Waals surface area contributed by atoms with E-state index in [1.165, 1.54) is 0 Å². The molecule has 18 heavy (non-hydrogen) atoms. The maximum atomic E-state index is 9.29.